The summed E-state index contributed by atoms with van der Waals surface area (Å²) in [5.74, 6) is 1.06. The summed E-state index contributed by atoms with van der Waals surface area (Å²) in [5, 5.41) is 13.0. The molecule has 14 heavy (non-hydrogen) atoms. The Morgan fingerprint density at radius 1 is 1.79 bits per heavy atom. The number of hydrogen-bond acceptors (Lipinski definition) is 4. The Morgan fingerprint density at radius 3 is 3.07 bits per heavy atom. The maximum absolute atomic E-state index is 10.2. The third-order valence-electron chi connectivity index (χ3n) is 1.60. The molecule has 0 aliphatic heterocycles. The van der Waals surface area contributed by atoms with Gasteiger partial charge < -0.3 is 9.73 Å². The molecule has 0 bridgehead atoms. The minimum atomic E-state index is -0.433. The van der Waals surface area contributed by atoms with E-state index in [9.17, 15) is 10.1 Å². The average Bonchev–Trinajstić information content (AvgIpc) is 2.64. The lowest BCUT2D eigenvalue weighted by atomic mass is 10.4. The summed E-state index contributed by atoms with van der Waals surface area (Å²) >= 11 is 0. The van der Waals surface area contributed by atoms with Gasteiger partial charge in [-0.2, -0.15) is 0 Å². The number of amidine groups is 1. The maximum Gasteiger partial charge on any atom is 0.259 e. The van der Waals surface area contributed by atoms with Gasteiger partial charge in [0.15, 0.2) is 5.84 Å². The first kappa shape index (κ1) is 10.2. The topological polar surface area (TPSA) is 80.7 Å². The van der Waals surface area contributed by atoms with Crippen molar-refractivity contribution >= 4 is 5.84 Å². The molecule has 0 aromatic carbocycles. The fraction of sp³-hybridized carbons (Fsp3) is 0.375. The van der Waals surface area contributed by atoms with Crippen molar-refractivity contribution < 1.29 is 9.34 Å². The Hall–Kier alpha value is -1.85. The first-order chi connectivity index (χ1) is 6.72. The van der Waals surface area contributed by atoms with Gasteiger partial charge in [0.2, 0.25) is 0 Å². The molecule has 76 valence electrons. The fourth-order valence-electron chi connectivity index (χ4n) is 0.930. The average molecular weight is 197 g/mol. The normalized spacial score (nSPS) is 11.4. The van der Waals surface area contributed by atoms with Crippen LogP contribution in [0.3, 0.4) is 0 Å². The van der Waals surface area contributed by atoms with E-state index in [2.05, 4.69) is 10.3 Å². The van der Waals surface area contributed by atoms with E-state index in [1.165, 1.54) is 7.05 Å². The molecule has 6 heteroatoms. The van der Waals surface area contributed by atoms with Crippen molar-refractivity contribution in [2.24, 2.45) is 4.99 Å². The lowest BCUT2D eigenvalue weighted by molar-refractivity contribution is -0.463. The molecule has 6 nitrogen and oxygen atoms in total. The lowest BCUT2D eigenvalue weighted by Crippen LogP contribution is -2.29. The van der Waals surface area contributed by atoms with E-state index in [0.717, 1.165) is 5.76 Å². The first-order valence-corrected chi connectivity index (χ1v) is 4.06. The van der Waals surface area contributed by atoms with E-state index in [1.54, 1.807) is 18.4 Å². The Balaban J connectivity index is 2.39. The number of aliphatic imine (C=N–C) groups is 1. The van der Waals surface area contributed by atoms with Crippen molar-refractivity contribution in [1.29, 1.82) is 0 Å². The summed E-state index contributed by atoms with van der Waals surface area (Å²) in [6.07, 6.45) is 1.55. The van der Waals surface area contributed by atoms with Crippen LogP contribution in [0.15, 0.2) is 27.8 Å². The highest BCUT2D eigenvalue weighted by Gasteiger charge is 2.06. The zero-order valence-corrected chi connectivity index (χ0v) is 7.77. The number of nitro groups is 1. The van der Waals surface area contributed by atoms with E-state index in [0.29, 0.717) is 12.4 Å². The van der Waals surface area contributed by atoms with E-state index in [1.807, 2.05) is 0 Å². The molecule has 0 spiro atoms. The number of furan rings is 1. The predicted octanol–water partition coefficient (Wildman–Crippen LogP) is 0.674. The number of rotatable bonds is 4. The Bertz CT molecular complexity index is 319. The zero-order chi connectivity index (χ0) is 10.4. The molecule has 1 rings (SSSR count). The van der Waals surface area contributed by atoms with Crippen LogP contribution in [0.5, 0.6) is 0 Å². The second-order valence-corrected chi connectivity index (χ2v) is 2.59. The summed E-state index contributed by atoms with van der Waals surface area (Å²) in [7, 11) is 1.51. The molecule has 1 aromatic rings. The van der Waals surface area contributed by atoms with E-state index in [-0.39, 0.29) is 6.54 Å². The summed E-state index contributed by atoms with van der Waals surface area (Å²) < 4.78 is 5.05. The van der Waals surface area contributed by atoms with Gasteiger partial charge in [-0.05, 0) is 12.1 Å². The summed E-state index contributed by atoms with van der Waals surface area (Å²) in [5.41, 5.74) is 0. The SMILES string of the molecule is CN=C(C[N+](=O)[O-])NCc1ccco1. The van der Waals surface area contributed by atoms with Crippen LogP contribution in [0.25, 0.3) is 0 Å². The van der Waals surface area contributed by atoms with Gasteiger partial charge >= 0.3 is 0 Å². The Morgan fingerprint density at radius 2 is 2.57 bits per heavy atom. The van der Waals surface area contributed by atoms with Crippen molar-refractivity contribution in [3.8, 4) is 0 Å². The van der Waals surface area contributed by atoms with Crippen molar-refractivity contribution in [3.05, 3.63) is 34.3 Å². The molecule has 1 N–H and O–H groups in total. The van der Waals surface area contributed by atoms with E-state index < -0.39 is 4.92 Å². The van der Waals surface area contributed by atoms with Crippen molar-refractivity contribution in [3.63, 3.8) is 0 Å². The second kappa shape index (κ2) is 5.00. The van der Waals surface area contributed by atoms with Crippen LogP contribution in [-0.4, -0.2) is 24.4 Å². The Kier molecular flexibility index (Phi) is 3.66. The quantitative estimate of drug-likeness (QED) is 0.333. The van der Waals surface area contributed by atoms with Gasteiger partial charge in [-0.1, -0.05) is 0 Å². The molecule has 0 atom stereocenters. The molecule has 0 amide bonds. The van der Waals surface area contributed by atoms with Crippen LogP contribution in [0.4, 0.5) is 0 Å². The molecule has 0 aliphatic carbocycles. The van der Waals surface area contributed by atoms with Crippen LogP contribution in [-0.2, 0) is 6.54 Å². The number of hydrogen-bond donors (Lipinski definition) is 1. The number of nitrogens with one attached hydrogen (secondary N) is 1. The third-order valence-corrected chi connectivity index (χ3v) is 1.60. The Labute approximate surface area is 80.8 Å². The van der Waals surface area contributed by atoms with Crippen LogP contribution < -0.4 is 5.32 Å². The van der Waals surface area contributed by atoms with Crippen molar-refractivity contribution in [2.45, 2.75) is 6.54 Å². The van der Waals surface area contributed by atoms with Gasteiger partial charge in [-0.25, -0.2) is 0 Å². The van der Waals surface area contributed by atoms with E-state index in [4.69, 9.17) is 4.42 Å². The molecule has 0 radical (unpaired) electrons. The second-order valence-electron chi connectivity index (χ2n) is 2.59. The smallest absolute Gasteiger partial charge is 0.259 e. The lowest BCUT2D eigenvalue weighted by Gasteiger charge is -2.02. The molecular weight excluding hydrogens is 186 g/mol. The van der Waals surface area contributed by atoms with Crippen molar-refractivity contribution in [2.75, 3.05) is 13.6 Å². The van der Waals surface area contributed by atoms with Crippen LogP contribution >= 0.6 is 0 Å². The van der Waals surface area contributed by atoms with Gasteiger partial charge in [0, 0.05) is 12.0 Å². The highest BCUT2D eigenvalue weighted by atomic mass is 16.6. The predicted molar refractivity (Wildman–Crippen MR) is 50.8 cm³/mol. The molecular formula is C8H11N3O3. The van der Waals surface area contributed by atoms with E-state index >= 15 is 0 Å². The maximum atomic E-state index is 10.2. The molecule has 0 unspecified atom stereocenters. The van der Waals surface area contributed by atoms with Crippen molar-refractivity contribution in [1.82, 2.24) is 5.32 Å². The van der Waals surface area contributed by atoms with Crippen LogP contribution in [0.1, 0.15) is 5.76 Å². The van der Waals surface area contributed by atoms with Crippen LogP contribution in [0, 0.1) is 10.1 Å². The first-order valence-electron chi connectivity index (χ1n) is 4.06. The minimum Gasteiger partial charge on any atom is -0.467 e. The highest BCUT2D eigenvalue weighted by molar-refractivity contribution is 5.82. The monoisotopic (exact) mass is 197 g/mol. The molecule has 0 fully saturated rings. The number of nitrogens with zero attached hydrogens (tertiary/aromatic N) is 2. The molecule has 0 saturated carbocycles. The minimum absolute atomic E-state index is 0.294. The highest BCUT2D eigenvalue weighted by Crippen LogP contribution is 1.98. The molecule has 0 aliphatic rings. The van der Waals surface area contributed by atoms with Gasteiger partial charge in [-0.3, -0.25) is 15.1 Å². The molecule has 1 aromatic heterocycles. The standard InChI is InChI=1S/C8H11N3O3/c1-9-8(6-11(12)13)10-5-7-3-2-4-14-7/h2-4H,5-6H2,1H3,(H,9,10). The van der Waals surface area contributed by atoms with Gasteiger partial charge in [0.05, 0.1) is 12.8 Å². The molecule has 1 heterocycles. The van der Waals surface area contributed by atoms with Crippen LogP contribution in [0.2, 0.25) is 0 Å². The largest absolute Gasteiger partial charge is 0.467 e. The summed E-state index contributed by atoms with van der Waals surface area (Å²) in [6, 6.07) is 3.54. The van der Waals surface area contributed by atoms with Gasteiger partial charge in [0.1, 0.15) is 5.76 Å². The van der Waals surface area contributed by atoms with Gasteiger partial charge in [0.25, 0.3) is 6.54 Å². The third kappa shape index (κ3) is 3.26. The van der Waals surface area contributed by atoms with Gasteiger partial charge in [-0.15, -0.1) is 0 Å². The fourth-order valence-corrected chi connectivity index (χ4v) is 0.930. The zero-order valence-electron chi connectivity index (χ0n) is 7.77. The summed E-state index contributed by atoms with van der Waals surface area (Å²) in [6.45, 7) is 0.116. The summed E-state index contributed by atoms with van der Waals surface area (Å²) in [4.78, 5) is 13.5. The molecule has 0 saturated heterocycles.